The van der Waals surface area contributed by atoms with Gasteiger partial charge in [-0.2, -0.15) is 0 Å². The zero-order valence-electron chi connectivity index (χ0n) is 11.4. The smallest absolute Gasteiger partial charge is 0.347 e. The normalized spacial score (nSPS) is 10.3. The lowest BCUT2D eigenvalue weighted by Gasteiger charge is -2.22. The average molecular weight is 290 g/mol. The summed E-state index contributed by atoms with van der Waals surface area (Å²) in [5.41, 5.74) is 2.63. The Morgan fingerprint density at radius 3 is 2.30 bits per heavy atom. The second-order valence-corrected chi connectivity index (χ2v) is 5.42. The molecule has 1 aromatic heterocycles. The minimum Gasteiger partial charge on any atom is -0.477 e. The Kier molecular flexibility index (Phi) is 3.85. The largest absolute Gasteiger partial charge is 0.477 e. The fraction of sp³-hybridized carbons (Fsp3) is 0.214. The van der Waals surface area contributed by atoms with Gasteiger partial charge in [0.05, 0.1) is 11.9 Å². The summed E-state index contributed by atoms with van der Waals surface area (Å²) in [7, 11) is 0. The van der Waals surface area contributed by atoms with Gasteiger partial charge in [0.15, 0.2) is 5.13 Å². The molecular formula is C14H14N2O3S. The summed E-state index contributed by atoms with van der Waals surface area (Å²) < 4.78 is 0. The topological polar surface area (TPSA) is 70.5 Å². The predicted molar refractivity (Wildman–Crippen MR) is 77.8 cm³/mol. The van der Waals surface area contributed by atoms with Crippen LogP contribution in [0.3, 0.4) is 0 Å². The molecule has 0 unspecified atom stereocenters. The number of hydrogen-bond acceptors (Lipinski definition) is 4. The molecular weight excluding hydrogens is 276 g/mol. The van der Waals surface area contributed by atoms with Crippen molar-refractivity contribution in [1.29, 1.82) is 0 Å². The number of carbonyl (C=O) groups excluding carboxylic acids is 1. The van der Waals surface area contributed by atoms with E-state index in [1.807, 2.05) is 32.0 Å². The van der Waals surface area contributed by atoms with Gasteiger partial charge < -0.3 is 5.11 Å². The summed E-state index contributed by atoms with van der Waals surface area (Å²) in [6.45, 7) is 5.25. The molecule has 1 amide bonds. The number of carboxylic acids is 1. The van der Waals surface area contributed by atoms with E-state index in [1.165, 1.54) is 18.0 Å². The van der Waals surface area contributed by atoms with Crippen molar-refractivity contribution in [1.82, 2.24) is 4.98 Å². The molecule has 0 spiro atoms. The van der Waals surface area contributed by atoms with Crippen LogP contribution in [0.15, 0.2) is 24.4 Å². The number of carbonyl (C=O) groups is 2. The predicted octanol–water partition coefficient (Wildman–Crippen LogP) is 3.14. The van der Waals surface area contributed by atoms with E-state index in [0.717, 1.165) is 28.2 Å². The van der Waals surface area contributed by atoms with E-state index in [9.17, 15) is 9.59 Å². The zero-order valence-corrected chi connectivity index (χ0v) is 12.2. The molecule has 0 aliphatic heterocycles. The second-order valence-electron chi connectivity index (χ2n) is 4.41. The lowest BCUT2D eigenvalue weighted by atomic mass is 10.1. The molecule has 2 rings (SSSR count). The molecule has 0 saturated heterocycles. The third-order valence-electron chi connectivity index (χ3n) is 2.87. The van der Waals surface area contributed by atoms with Crippen LogP contribution < -0.4 is 4.90 Å². The standard InChI is InChI=1S/C14H14N2O3S/c1-8-5-4-6-9(2)12(8)16(10(3)17)14-15-7-11(20-14)13(18)19/h4-7H,1-3H3,(H,18,19). The van der Waals surface area contributed by atoms with Gasteiger partial charge in [-0.05, 0) is 25.0 Å². The zero-order chi connectivity index (χ0) is 14.9. The van der Waals surface area contributed by atoms with Crippen LogP contribution in [0.5, 0.6) is 0 Å². The minimum atomic E-state index is -1.04. The third-order valence-corrected chi connectivity index (χ3v) is 3.84. The molecule has 0 aliphatic carbocycles. The number of aryl methyl sites for hydroxylation is 2. The molecule has 1 aromatic carbocycles. The molecule has 20 heavy (non-hydrogen) atoms. The van der Waals surface area contributed by atoms with Crippen molar-refractivity contribution in [2.24, 2.45) is 0 Å². The number of hydrogen-bond donors (Lipinski definition) is 1. The first-order valence-corrected chi connectivity index (χ1v) is 6.79. The van der Waals surface area contributed by atoms with E-state index in [0.29, 0.717) is 5.13 Å². The van der Waals surface area contributed by atoms with Gasteiger partial charge >= 0.3 is 5.97 Å². The average Bonchev–Trinajstić information content (AvgIpc) is 2.82. The van der Waals surface area contributed by atoms with Gasteiger partial charge in [0.1, 0.15) is 4.88 Å². The summed E-state index contributed by atoms with van der Waals surface area (Å²) in [6, 6.07) is 5.73. The Morgan fingerprint density at radius 2 is 1.85 bits per heavy atom. The molecule has 2 aromatic rings. The SMILES string of the molecule is CC(=O)N(c1ncc(C(=O)O)s1)c1c(C)cccc1C. The first kappa shape index (κ1) is 14.2. The van der Waals surface area contributed by atoms with Crippen molar-refractivity contribution in [2.75, 3.05) is 4.90 Å². The van der Waals surface area contributed by atoms with Crippen LogP contribution in [-0.2, 0) is 4.79 Å². The van der Waals surface area contributed by atoms with Gasteiger partial charge in [0, 0.05) is 6.92 Å². The van der Waals surface area contributed by atoms with Crippen molar-refractivity contribution >= 4 is 34.0 Å². The van der Waals surface area contributed by atoms with Gasteiger partial charge in [-0.15, -0.1) is 0 Å². The van der Waals surface area contributed by atoms with Crippen LogP contribution in [0.1, 0.15) is 27.7 Å². The summed E-state index contributed by atoms with van der Waals surface area (Å²) in [4.78, 5) is 28.5. The van der Waals surface area contributed by atoms with E-state index in [2.05, 4.69) is 4.98 Å². The van der Waals surface area contributed by atoms with Crippen molar-refractivity contribution in [3.63, 3.8) is 0 Å². The monoisotopic (exact) mass is 290 g/mol. The number of amides is 1. The van der Waals surface area contributed by atoms with E-state index < -0.39 is 5.97 Å². The summed E-state index contributed by atoms with van der Waals surface area (Å²) >= 11 is 0.984. The number of benzene rings is 1. The highest BCUT2D eigenvalue weighted by molar-refractivity contribution is 7.17. The fourth-order valence-electron chi connectivity index (χ4n) is 2.01. The van der Waals surface area contributed by atoms with Crippen molar-refractivity contribution in [3.8, 4) is 0 Å². The number of nitrogens with zero attached hydrogens (tertiary/aromatic N) is 2. The van der Waals surface area contributed by atoms with Crippen molar-refractivity contribution < 1.29 is 14.7 Å². The van der Waals surface area contributed by atoms with Crippen LogP contribution in [0.4, 0.5) is 10.8 Å². The van der Waals surface area contributed by atoms with Gasteiger partial charge in [0.2, 0.25) is 5.91 Å². The number of thiazole rings is 1. The lowest BCUT2D eigenvalue weighted by molar-refractivity contribution is -0.115. The van der Waals surface area contributed by atoms with E-state index in [-0.39, 0.29) is 10.8 Å². The molecule has 0 fully saturated rings. The maximum Gasteiger partial charge on any atom is 0.347 e. The number of anilines is 2. The highest BCUT2D eigenvalue weighted by Crippen LogP contribution is 2.34. The molecule has 0 radical (unpaired) electrons. The van der Waals surface area contributed by atoms with Crippen LogP contribution >= 0.6 is 11.3 Å². The maximum absolute atomic E-state index is 12.0. The highest BCUT2D eigenvalue weighted by atomic mass is 32.1. The first-order valence-electron chi connectivity index (χ1n) is 5.98. The molecule has 1 N–H and O–H groups in total. The molecule has 104 valence electrons. The molecule has 0 aliphatic rings. The highest BCUT2D eigenvalue weighted by Gasteiger charge is 2.22. The van der Waals surface area contributed by atoms with E-state index >= 15 is 0 Å². The fourth-order valence-corrected chi connectivity index (χ4v) is 2.82. The molecule has 1 heterocycles. The van der Waals surface area contributed by atoms with Crippen LogP contribution in [0.2, 0.25) is 0 Å². The Bertz CT molecular complexity index is 659. The summed E-state index contributed by atoms with van der Waals surface area (Å²) in [5, 5.41) is 9.33. The number of rotatable bonds is 3. The molecule has 0 atom stereocenters. The van der Waals surface area contributed by atoms with Crippen LogP contribution in [0, 0.1) is 13.8 Å². The molecule has 5 nitrogen and oxygen atoms in total. The molecule has 6 heteroatoms. The Morgan fingerprint density at radius 1 is 1.25 bits per heavy atom. The van der Waals surface area contributed by atoms with Crippen molar-refractivity contribution in [2.45, 2.75) is 20.8 Å². The third kappa shape index (κ3) is 2.55. The van der Waals surface area contributed by atoms with E-state index in [1.54, 1.807) is 0 Å². The molecule has 0 bridgehead atoms. The number of carboxylic acid groups (broad SMARTS) is 1. The molecule has 0 saturated carbocycles. The number of aromatic nitrogens is 1. The minimum absolute atomic E-state index is 0.109. The number of para-hydroxylation sites is 1. The van der Waals surface area contributed by atoms with Crippen molar-refractivity contribution in [3.05, 3.63) is 40.4 Å². The van der Waals surface area contributed by atoms with Crippen LogP contribution in [-0.4, -0.2) is 22.0 Å². The van der Waals surface area contributed by atoms with Gasteiger partial charge in [0.25, 0.3) is 0 Å². The second kappa shape index (κ2) is 5.42. The Balaban J connectivity index is 2.56. The number of aromatic carboxylic acids is 1. The van der Waals surface area contributed by atoms with Gasteiger partial charge in [-0.3, -0.25) is 9.69 Å². The van der Waals surface area contributed by atoms with Crippen LogP contribution in [0.25, 0.3) is 0 Å². The van der Waals surface area contributed by atoms with Gasteiger partial charge in [-0.25, -0.2) is 9.78 Å². The maximum atomic E-state index is 12.0. The van der Waals surface area contributed by atoms with E-state index in [4.69, 9.17) is 5.11 Å². The quantitative estimate of drug-likeness (QED) is 0.942. The Hall–Kier alpha value is -2.21. The lowest BCUT2D eigenvalue weighted by Crippen LogP contribution is -2.24. The summed E-state index contributed by atoms with van der Waals surface area (Å²) in [5.74, 6) is -1.24. The first-order chi connectivity index (χ1) is 9.41. The van der Waals surface area contributed by atoms with Gasteiger partial charge in [-0.1, -0.05) is 29.5 Å². The summed E-state index contributed by atoms with van der Waals surface area (Å²) in [6.07, 6.45) is 1.27. The Labute approximate surface area is 120 Å².